The normalized spacial score (nSPS) is 20.0. The van der Waals surface area contributed by atoms with Crippen LogP contribution in [0.4, 0.5) is 5.82 Å². The van der Waals surface area contributed by atoms with Gasteiger partial charge in [-0.25, -0.2) is 14.8 Å². The summed E-state index contributed by atoms with van der Waals surface area (Å²) in [5, 5.41) is 3.52. The molecule has 4 saturated heterocycles. The van der Waals surface area contributed by atoms with Crippen LogP contribution in [-0.4, -0.2) is 120 Å². The molecule has 0 spiro atoms. The molecule has 4 aliphatic heterocycles. The van der Waals surface area contributed by atoms with Crippen molar-refractivity contribution in [2.24, 2.45) is 20.0 Å². The zero-order chi connectivity index (χ0) is 44.8. The van der Waals surface area contributed by atoms with Gasteiger partial charge in [0.2, 0.25) is 11.8 Å². The number of imide groups is 1. The number of carbonyl (C=O) groups excluding carboxylic acids is 3. The molecule has 0 bridgehead atoms. The fraction of sp³-hybridized carbons (Fsp3) is 0.440. The molecule has 15 heteroatoms. The monoisotopic (exact) mass is 877 g/mol. The number of pyridine rings is 2. The Labute approximate surface area is 378 Å². The second-order valence-electron chi connectivity index (χ2n) is 18.7. The minimum Gasteiger partial charge on any atom is -0.384 e. The number of piperazine rings is 1. The van der Waals surface area contributed by atoms with Crippen molar-refractivity contribution in [3.63, 3.8) is 0 Å². The molecular formula is C50H59N11O4. The molecule has 4 fully saturated rings. The Bertz CT molecular complexity index is 2790. The van der Waals surface area contributed by atoms with Crippen LogP contribution in [0.2, 0.25) is 0 Å². The van der Waals surface area contributed by atoms with Crippen molar-refractivity contribution in [3.8, 4) is 11.1 Å². The fourth-order valence-corrected chi connectivity index (χ4v) is 10.8. The average Bonchev–Trinajstić information content (AvgIpc) is 3.77. The highest BCUT2D eigenvalue weighted by Crippen LogP contribution is 2.33. The van der Waals surface area contributed by atoms with Gasteiger partial charge in [0.15, 0.2) is 0 Å². The molecule has 0 radical (unpaired) electrons. The first-order valence-electron chi connectivity index (χ1n) is 23.3. The van der Waals surface area contributed by atoms with E-state index in [4.69, 9.17) is 10.7 Å². The van der Waals surface area contributed by atoms with Crippen LogP contribution < -0.4 is 16.7 Å². The third-order valence-electron chi connectivity index (χ3n) is 14.7. The topological polar surface area (TPSA) is 160 Å². The van der Waals surface area contributed by atoms with E-state index in [0.717, 1.165) is 142 Å². The van der Waals surface area contributed by atoms with Gasteiger partial charge in [-0.1, -0.05) is 18.2 Å². The van der Waals surface area contributed by atoms with Gasteiger partial charge in [-0.3, -0.25) is 38.6 Å². The van der Waals surface area contributed by atoms with E-state index in [1.807, 2.05) is 59.8 Å². The molecule has 0 aliphatic carbocycles. The molecule has 0 saturated carbocycles. The standard InChI is InChI=1S/C50H59N11O4/c1-55-39(28-41-40(13-18-52-47(41)55)38-8-11-45(51)53-29-38)32-57-19-16-36(17-20-57)35-4-6-37(7-5-35)49(64)60-21-14-33(15-22-60)30-58-23-25-59(26-24-58)31-34-3-9-42-44(27-34)61(50(65)56(42)2)43-10-12-46(62)54-48(43)63/h3-9,11,13,18,27-29,33,36,43H,10,12,14-17,19-26,30-32H2,1-2H3,(H2,51,53)(H,54,62,63). The van der Waals surface area contributed by atoms with Gasteiger partial charge in [0, 0.05) is 114 Å². The number of carbonyl (C=O) groups is 3. The number of nitrogens with two attached hydrogens (primary N) is 1. The molecule has 4 aromatic heterocycles. The van der Waals surface area contributed by atoms with Crippen LogP contribution in [0, 0.1) is 5.92 Å². The van der Waals surface area contributed by atoms with Gasteiger partial charge in [0.1, 0.15) is 17.5 Å². The summed E-state index contributed by atoms with van der Waals surface area (Å²) >= 11 is 0. The van der Waals surface area contributed by atoms with Gasteiger partial charge in [-0.15, -0.1) is 0 Å². The van der Waals surface area contributed by atoms with E-state index in [9.17, 15) is 19.2 Å². The van der Waals surface area contributed by atoms with Gasteiger partial charge in [0.25, 0.3) is 5.91 Å². The molecule has 8 heterocycles. The number of amides is 3. The predicted molar refractivity (Wildman–Crippen MR) is 251 cm³/mol. The molecule has 3 N–H and O–H groups in total. The summed E-state index contributed by atoms with van der Waals surface area (Å²) in [6.07, 6.45) is 8.45. The number of hydrogen-bond donors (Lipinski definition) is 2. The predicted octanol–water partition coefficient (Wildman–Crippen LogP) is 4.90. The Morgan fingerprint density at radius 3 is 2.20 bits per heavy atom. The number of imidazole rings is 1. The largest absolute Gasteiger partial charge is 0.384 e. The summed E-state index contributed by atoms with van der Waals surface area (Å²) < 4.78 is 5.35. The number of likely N-dealkylation sites (tertiary alicyclic amines) is 2. The van der Waals surface area contributed by atoms with Crippen LogP contribution in [0.1, 0.15) is 77.7 Å². The number of nitrogens with zero attached hydrogens (tertiary/aromatic N) is 9. The zero-order valence-electron chi connectivity index (χ0n) is 37.5. The van der Waals surface area contributed by atoms with Crippen LogP contribution >= 0.6 is 0 Å². The van der Waals surface area contributed by atoms with Gasteiger partial charge >= 0.3 is 5.69 Å². The lowest BCUT2D eigenvalue weighted by Crippen LogP contribution is -2.48. The van der Waals surface area contributed by atoms with E-state index in [2.05, 4.69) is 60.9 Å². The molecule has 1 unspecified atom stereocenters. The number of nitrogen functional groups attached to an aromatic ring is 1. The molecule has 6 aromatic rings. The maximum Gasteiger partial charge on any atom is 0.329 e. The highest BCUT2D eigenvalue weighted by molar-refractivity contribution is 6.00. The molecule has 1 atom stereocenters. The zero-order valence-corrected chi connectivity index (χ0v) is 37.5. The van der Waals surface area contributed by atoms with Crippen molar-refractivity contribution in [1.82, 2.24) is 48.6 Å². The van der Waals surface area contributed by atoms with E-state index in [-0.39, 0.29) is 23.9 Å². The number of nitrogens with one attached hydrogen (secondary N) is 1. The first-order valence-corrected chi connectivity index (χ1v) is 23.3. The smallest absolute Gasteiger partial charge is 0.329 e. The van der Waals surface area contributed by atoms with Crippen LogP contribution in [0.25, 0.3) is 33.2 Å². The number of benzene rings is 2. The molecule has 65 heavy (non-hydrogen) atoms. The number of aryl methyl sites for hydroxylation is 2. The maximum atomic E-state index is 13.7. The van der Waals surface area contributed by atoms with Crippen molar-refractivity contribution < 1.29 is 14.4 Å². The highest BCUT2D eigenvalue weighted by atomic mass is 16.2. The number of aromatic nitrogens is 5. The van der Waals surface area contributed by atoms with Crippen molar-refractivity contribution >= 4 is 45.6 Å². The third-order valence-corrected chi connectivity index (χ3v) is 14.7. The Morgan fingerprint density at radius 2 is 1.48 bits per heavy atom. The Hall–Kier alpha value is -6.16. The molecule has 15 nitrogen and oxygen atoms in total. The number of rotatable bonds is 10. The van der Waals surface area contributed by atoms with E-state index in [1.54, 1.807) is 16.2 Å². The minimum absolute atomic E-state index is 0.140. The summed E-state index contributed by atoms with van der Waals surface area (Å²) in [5.41, 5.74) is 14.7. The first-order chi connectivity index (χ1) is 31.6. The third kappa shape index (κ3) is 8.72. The lowest BCUT2D eigenvalue weighted by molar-refractivity contribution is -0.135. The number of hydrogen-bond acceptors (Lipinski definition) is 10. The van der Waals surface area contributed by atoms with Gasteiger partial charge in [-0.05, 0) is 122 Å². The maximum absolute atomic E-state index is 13.7. The fourth-order valence-electron chi connectivity index (χ4n) is 10.8. The Balaban J connectivity index is 0.668. The molecule has 338 valence electrons. The first kappa shape index (κ1) is 42.8. The van der Waals surface area contributed by atoms with Crippen molar-refractivity contribution in [3.05, 3.63) is 112 Å². The molecule has 2 aromatic carbocycles. The van der Waals surface area contributed by atoms with Crippen molar-refractivity contribution in [1.29, 1.82) is 0 Å². The summed E-state index contributed by atoms with van der Waals surface area (Å²) in [4.78, 5) is 70.0. The van der Waals surface area contributed by atoms with Crippen LogP contribution in [0.5, 0.6) is 0 Å². The van der Waals surface area contributed by atoms with E-state index in [1.165, 1.54) is 11.3 Å². The number of piperidine rings is 3. The van der Waals surface area contributed by atoms with E-state index < -0.39 is 11.9 Å². The average molecular weight is 878 g/mol. The van der Waals surface area contributed by atoms with Crippen LogP contribution in [-0.2, 0) is 36.8 Å². The summed E-state index contributed by atoms with van der Waals surface area (Å²) in [5.74, 6) is 1.00. The van der Waals surface area contributed by atoms with Crippen LogP contribution in [0.15, 0.2) is 83.9 Å². The molecule has 10 rings (SSSR count). The highest BCUT2D eigenvalue weighted by Gasteiger charge is 2.32. The second kappa shape index (κ2) is 18.0. The van der Waals surface area contributed by atoms with E-state index in [0.29, 0.717) is 24.1 Å². The van der Waals surface area contributed by atoms with Gasteiger partial charge in [-0.2, -0.15) is 0 Å². The second-order valence-corrected chi connectivity index (χ2v) is 18.7. The SMILES string of the molecule is Cn1c(CN2CCC(c3ccc(C(=O)N4CCC(CN5CCN(Cc6ccc7c(c6)n(C6CCC(=O)NC6=O)c(=O)n7C)CC5)CC4)cc3)CC2)cc2c(-c3ccc(N)nc3)ccnc21. The van der Waals surface area contributed by atoms with E-state index >= 15 is 0 Å². The van der Waals surface area contributed by atoms with Crippen LogP contribution in [0.3, 0.4) is 0 Å². The number of fused-ring (bicyclic) bond motifs is 2. The van der Waals surface area contributed by atoms with Gasteiger partial charge in [0.05, 0.1) is 11.0 Å². The van der Waals surface area contributed by atoms with Crippen molar-refractivity contribution in [2.45, 2.75) is 63.6 Å². The number of anilines is 1. The lowest BCUT2D eigenvalue weighted by atomic mass is 9.88. The van der Waals surface area contributed by atoms with Crippen molar-refractivity contribution in [2.75, 3.05) is 64.6 Å². The van der Waals surface area contributed by atoms with Gasteiger partial charge < -0.3 is 20.1 Å². The Morgan fingerprint density at radius 1 is 0.738 bits per heavy atom. The summed E-state index contributed by atoms with van der Waals surface area (Å²) in [6, 6.07) is 22.0. The molecular weight excluding hydrogens is 819 g/mol. The molecule has 4 aliphatic rings. The quantitative estimate of drug-likeness (QED) is 0.182. The lowest BCUT2D eigenvalue weighted by Gasteiger charge is -2.39. The molecule has 3 amide bonds. The minimum atomic E-state index is -0.691. The summed E-state index contributed by atoms with van der Waals surface area (Å²) in [6.45, 7) is 10.2. The Kier molecular flexibility index (Phi) is 11.9. The summed E-state index contributed by atoms with van der Waals surface area (Å²) in [7, 11) is 3.83.